The van der Waals surface area contributed by atoms with Gasteiger partial charge in [0.1, 0.15) is 0 Å². The van der Waals surface area contributed by atoms with Gasteiger partial charge in [-0.15, -0.1) is 0 Å². The lowest BCUT2D eigenvalue weighted by Crippen LogP contribution is -2.11. The van der Waals surface area contributed by atoms with Gasteiger partial charge in [0, 0.05) is 38.1 Å². The fourth-order valence-corrected chi connectivity index (χ4v) is 1.34. The molecule has 1 heterocycles. The molecule has 0 aliphatic rings. The standard InChI is InChI=1S/C11H16N2O3/c1-15-11(16-2)8-3-4-9(13-7-8)5-6-10(12)14/h3-4,7,11H,5-6H2,1-2H3,(H2,12,14). The van der Waals surface area contributed by atoms with Gasteiger partial charge in [0.15, 0.2) is 6.29 Å². The molecule has 0 saturated heterocycles. The normalized spacial score (nSPS) is 10.7. The molecule has 1 amide bonds. The van der Waals surface area contributed by atoms with Gasteiger partial charge < -0.3 is 15.2 Å². The van der Waals surface area contributed by atoms with Crippen LogP contribution in [0.25, 0.3) is 0 Å². The van der Waals surface area contributed by atoms with Gasteiger partial charge in [-0.2, -0.15) is 0 Å². The summed E-state index contributed by atoms with van der Waals surface area (Å²) in [6.45, 7) is 0. The van der Waals surface area contributed by atoms with Gasteiger partial charge in [-0.3, -0.25) is 9.78 Å². The van der Waals surface area contributed by atoms with Gasteiger partial charge in [0.2, 0.25) is 5.91 Å². The molecule has 0 fully saturated rings. The number of aryl methyl sites for hydroxylation is 1. The van der Waals surface area contributed by atoms with Crippen LogP contribution in [-0.2, 0) is 20.7 Å². The molecule has 1 aromatic rings. The Morgan fingerprint density at radius 3 is 2.56 bits per heavy atom. The van der Waals surface area contributed by atoms with Crippen molar-refractivity contribution in [1.82, 2.24) is 4.98 Å². The van der Waals surface area contributed by atoms with Crippen molar-refractivity contribution >= 4 is 5.91 Å². The fraction of sp³-hybridized carbons (Fsp3) is 0.455. The zero-order chi connectivity index (χ0) is 12.0. The Balaban J connectivity index is 2.63. The second-order valence-electron chi connectivity index (χ2n) is 3.35. The Hall–Kier alpha value is -1.46. The molecule has 0 atom stereocenters. The predicted octanol–water partition coefficient (Wildman–Crippen LogP) is 0.791. The number of ether oxygens (including phenoxy) is 2. The number of carbonyl (C=O) groups is 1. The molecule has 2 N–H and O–H groups in total. The van der Waals surface area contributed by atoms with Gasteiger partial charge in [0.05, 0.1) is 0 Å². The number of carbonyl (C=O) groups excluding carboxylic acids is 1. The first-order chi connectivity index (χ1) is 7.67. The summed E-state index contributed by atoms with van der Waals surface area (Å²) in [5, 5.41) is 0. The minimum Gasteiger partial charge on any atom is -0.370 e. The van der Waals surface area contributed by atoms with E-state index in [2.05, 4.69) is 4.98 Å². The highest BCUT2D eigenvalue weighted by Gasteiger charge is 2.08. The second kappa shape index (κ2) is 6.19. The lowest BCUT2D eigenvalue weighted by atomic mass is 10.2. The highest BCUT2D eigenvalue weighted by Crippen LogP contribution is 2.16. The van der Waals surface area contributed by atoms with E-state index in [0.29, 0.717) is 12.8 Å². The summed E-state index contributed by atoms with van der Waals surface area (Å²) in [6, 6.07) is 3.70. The van der Waals surface area contributed by atoms with E-state index in [1.807, 2.05) is 12.1 Å². The van der Waals surface area contributed by atoms with Crippen LogP contribution in [0.1, 0.15) is 24.0 Å². The number of methoxy groups -OCH3 is 2. The van der Waals surface area contributed by atoms with Gasteiger partial charge in [0.25, 0.3) is 0 Å². The lowest BCUT2D eigenvalue weighted by molar-refractivity contribution is -0.118. The number of nitrogens with zero attached hydrogens (tertiary/aromatic N) is 1. The van der Waals surface area contributed by atoms with Crippen LogP contribution in [0.2, 0.25) is 0 Å². The van der Waals surface area contributed by atoms with E-state index in [9.17, 15) is 4.79 Å². The minimum atomic E-state index is -0.405. The van der Waals surface area contributed by atoms with Crippen LogP contribution in [0.5, 0.6) is 0 Å². The van der Waals surface area contributed by atoms with Gasteiger partial charge in [-0.05, 0) is 12.5 Å². The van der Waals surface area contributed by atoms with Crippen molar-refractivity contribution in [3.63, 3.8) is 0 Å². The number of aromatic nitrogens is 1. The molecule has 16 heavy (non-hydrogen) atoms. The molecule has 5 nitrogen and oxygen atoms in total. The molecule has 0 radical (unpaired) electrons. The van der Waals surface area contributed by atoms with Crippen LogP contribution in [-0.4, -0.2) is 25.1 Å². The average molecular weight is 224 g/mol. The van der Waals surface area contributed by atoms with E-state index in [-0.39, 0.29) is 5.91 Å². The number of nitrogens with two attached hydrogens (primary N) is 1. The highest BCUT2D eigenvalue weighted by atomic mass is 16.7. The molecular weight excluding hydrogens is 208 g/mol. The summed E-state index contributed by atoms with van der Waals surface area (Å²) in [4.78, 5) is 14.8. The monoisotopic (exact) mass is 224 g/mol. The maximum absolute atomic E-state index is 10.6. The van der Waals surface area contributed by atoms with E-state index >= 15 is 0 Å². The third-order valence-corrected chi connectivity index (χ3v) is 2.18. The van der Waals surface area contributed by atoms with Crippen LogP contribution in [0.3, 0.4) is 0 Å². The molecule has 1 aromatic heterocycles. The van der Waals surface area contributed by atoms with Crippen LogP contribution in [0, 0.1) is 0 Å². The molecule has 0 unspecified atom stereocenters. The SMILES string of the molecule is COC(OC)c1ccc(CCC(N)=O)nc1. The molecule has 0 bridgehead atoms. The lowest BCUT2D eigenvalue weighted by Gasteiger charge is -2.13. The maximum Gasteiger partial charge on any atom is 0.217 e. The molecule has 88 valence electrons. The largest absolute Gasteiger partial charge is 0.370 e. The van der Waals surface area contributed by atoms with Gasteiger partial charge in [-0.25, -0.2) is 0 Å². The first-order valence-electron chi connectivity index (χ1n) is 4.96. The summed E-state index contributed by atoms with van der Waals surface area (Å²) >= 11 is 0. The first-order valence-corrected chi connectivity index (χ1v) is 4.96. The number of primary amides is 1. The molecule has 0 aliphatic carbocycles. The Kier molecular flexibility index (Phi) is 4.88. The number of rotatable bonds is 6. The Bertz CT molecular complexity index is 334. The summed E-state index contributed by atoms with van der Waals surface area (Å²) in [6.07, 6.45) is 2.14. The zero-order valence-electron chi connectivity index (χ0n) is 9.47. The molecule has 0 aromatic carbocycles. The van der Waals surface area contributed by atoms with E-state index in [0.717, 1.165) is 11.3 Å². The van der Waals surface area contributed by atoms with Crippen molar-refractivity contribution in [2.45, 2.75) is 19.1 Å². The van der Waals surface area contributed by atoms with Crippen molar-refractivity contribution in [3.8, 4) is 0 Å². The van der Waals surface area contributed by atoms with Crippen molar-refractivity contribution in [2.75, 3.05) is 14.2 Å². The zero-order valence-corrected chi connectivity index (χ0v) is 9.47. The number of amides is 1. The Labute approximate surface area is 94.6 Å². The van der Waals surface area contributed by atoms with Crippen molar-refractivity contribution in [3.05, 3.63) is 29.6 Å². The summed E-state index contributed by atoms with van der Waals surface area (Å²) in [5.74, 6) is -0.322. The predicted molar refractivity (Wildman–Crippen MR) is 58.5 cm³/mol. The molecule has 1 rings (SSSR count). The molecular formula is C11H16N2O3. The summed E-state index contributed by atoms with van der Waals surface area (Å²) in [5.41, 5.74) is 6.72. The van der Waals surface area contributed by atoms with E-state index in [1.165, 1.54) is 0 Å². The molecule has 0 aliphatic heterocycles. The van der Waals surface area contributed by atoms with Crippen molar-refractivity contribution in [1.29, 1.82) is 0 Å². The first kappa shape index (κ1) is 12.6. The summed E-state index contributed by atoms with van der Waals surface area (Å²) < 4.78 is 10.2. The quantitative estimate of drug-likeness (QED) is 0.725. The van der Waals surface area contributed by atoms with Crippen LogP contribution in [0.15, 0.2) is 18.3 Å². The van der Waals surface area contributed by atoms with Gasteiger partial charge >= 0.3 is 0 Å². The average Bonchev–Trinajstić information content (AvgIpc) is 2.29. The number of hydrogen-bond donors (Lipinski definition) is 1. The van der Waals surface area contributed by atoms with Crippen LogP contribution in [0.4, 0.5) is 0 Å². The Morgan fingerprint density at radius 1 is 1.44 bits per heavy atom. The third kappa shape index (κ3) is 3.60. The van der Waals surface area contributed by atoms with Crippen LogP contribution < -0.4 is 5.73 Å². The second-order valence-corrected chi connectivity index (χ2v) is 3.35. The van der Waals surface area contributed by atoms with E-state index < -0.39 is 6.29 Å². The third-order valence-electron chi connectivity index (χ3n) is 2.18. The smallest absolute Gasteiger partial charge is 0.217 e. The number of pyridine rings is 1. The molecule has 5 heteroatoms. The number of hydrogen-bond acceptors (Lipinski definition) is 4. The van der Waals surface area contributed by atoms with E-state index in [4.69, 9.17) is 15.2 Å². The molecule has 0 saturated carbocycles. The van der Waals surface area contributed by atoms with Crippen molar-refractivity contribution in [2.24, 2.45) is 5.73 Å². The maximum atomic E-state index is 10.6. The minimum absolute atomic E-state index is 0.310. The highest BCUT2D eigenvalue weighted by molar-refractivity contribution is 5.73. The topological polar surface area (TPSA) is 74.4 Å². The van der Waals surface area contributed by atoms with Crippen LogP contribution >= 0.6 is 0 Å². The summed E-state index contributed by atoms with van der Waals surface area (Å²) in [7, 11) is 3.13. The fourth-order valence-electron chi connectivity index (χ4n) is 1.34. The van der Waals surface area contributed by atoms with Gasteiger partial charge in [-0.1, -0.05) is 6.07 Å². The Morgan fingerprint density at radius 2 is 2.12 bits per heavy atom. The van der Waals surface area contributed by atoms with E-state index in [1.54, 1.807) is 20.4 Å². The van der Waals surface area contributed by atoms with Crippen molar-refractivity contribution < 1.29 is 14.3 Å². The molecule has 0 spiro atoms.